The van der Waals surface area contributed by atoms with Crippen molar-refractivity contribution in [2.75, 3.05) is 13.2 Å². The number of thiocarbonyl (C=S) groups is 1. The first-order chi connectivity index (χ1) is 4.65. The van der Waals surface area contributed by atoms with Crippen LogP contribution in [0.5, 0.6) is 0 Å². The Bertz CT molecular complexity index is 68.1. The molecule has 62 valence electrons. The van der Waals surface area contributed by atoms with E-state index in [2.05, 4.69) is 24.8 Å². The summed E-state index contributed by atoms with van der Waals surface area (Å²) in [6.45, 7) is 2.15. The summed E-state index contributed by atoms with van der Waals surface area (Å²) < 4.78 is 0.694. The van der Waals surface area contributed by atoms with E-state index in [1.165, 1.54) is 0 Å². The Morgan fingerprint density at radius 3 is 1.60 bits per heavy atom. The largest absolute Gasteiger partial charge is 0.396 e. The minimum atomic E-state index is 0.195. The summed E-state index contributed by atoms with van der Waals surface area (Å²) >= 11 is 8.10. The third-order valence-electron chi connectivity index (χ3n) is 0.566. The molecule has 0 aromatic heterocycles. The summed E-state index contributed by atoms with van der Waals surface area (Å²) in [6, 6.07) is 0. The number of rotatable bonds is 3. The molecule has 0 heterocycles. The number of hydrogen-bond donors (Lipinski definition) is 3. The van der Waals surface area contributed by atoms with E-state index in [4.69, 9.17) is 10.2 Å². The number of aliphatic hydroxyl groups is 2. The fourth-order valence-electron chi connectivity index (χ4n) is 0.224. The van der Waals surface area contributed by atoms with E-state index in [0.717, 1.165) is 12.8 Å². The predicted octanol–water partition coefficient (Wildman–Crippen LogP) is 1.01. The minimum absolute atomic E-state index is 0.195. The van der Waals surface area contributed by atoms with E-state index in [1.807, 2.05) is 0 Å². The quantitative estimate of drug-likeness (QED) is 0.347. The molecule has 0 fully saturated rings. The lowest BCUT2D eigenvalue weighted by Gasteiger charge is -1.85. The fourth-order valence-corrected chi connectivity index (χ4v) is 0.224. The Morgan fingerprint density at radius 1 is 1.30 bits per heavy atom. The fraction of sp³-hybridized carbons (Fsp3) is 0.833. The molecule has 0 radical (unpaired) electrons. The molecular formula is C6H14O2S2. The Hall–Kier alpha value is 0.360. The molecule has 0 saturated heterocycles. The average Bonchev–Trinajstić information content (AvgIpc) is 1.82. The van der Waals surface area contributed by atoms with Crippen LogP contribution in [0.3, 0.4) is 0 Å². The maximum Gasteiger partial charge on any atom is 0.0431 e. The summed E-state index contributed by atoms with van der Waals surface area (Å²) in [6.07, 6.45) is 1.44. The molecule has 0 spiro atoms. The van der Waals surface area contributed by atoms with Crippen LogP contribution >= 0.6 is 24.8 Å². The Labute approximate surface area is 72.7 Å². The van der Waals surface area contributed by atoms with E-state index in [9.17, 15) is 0 Å². The summed E-state index contributed by atoms with van der Waals surface area (Å²) in [5, 5.41) is 16.2. The van der Waals surface area contributed by atoms with Crippen molar-refractivity contribution in [1.82, 2.24) is 0 Å². The van der Waals surface area contributed by atoms with Crippen LogP contribution in [0.1, 0.15) is 19.8 Å². The second-order valence-corrected chi connectivity index (χ2v) is 3.26. The Morgan fingerprint density at radius 2 is 1.50 bits per heavy atom. The van der Waals surface area contributed by atoms with Gasteiger partial charge in [-0.2, -0.15) is 0 Å². The van der Waals surface area contributed by atoms with Gasteiger partial charge in [-0.1, -0.05) is 12.2 Å². The zero-order chi connectivity index (χ0) is 8.41. The van der Waals surface area contributed by atoms with Crippen LogP contribution in [0.2, 0.25) is 0 Å². The number of unbranched alkanes of at least 4 members (excludes halogenated alkanes) is 1. The van der Waals surface area contributed by atoms with E-state index in [0.29, 0.717) is 4.20 Å². The lowest BCUT2D eigenvalue weighted by molar-refractivity contribution is 0.242. The second kappa shape index (κ2) is 12.1. The first kappa shape index (κ1) is 13.0. The maximum atomic E-state index is 8.09. The highest BCUT2D eigenvalue weighted by molar-refractivity contribution is 8.11. The van der Waals surface area contributed by atoms with Gasteiger partial charge in [-0.05, 0) is 19.8 Å². The molecule has 0 unspecified atom stereocenters. The van der Waals surface area contributed by atoms with Crippen LogP contribution in [-0.2, 0) is 0 Å². The van der Waals surface area contributed by atoms with Gasteiger partial charge in [0.2, 0.25) is 0 Å². The van der Waals surface area contributed by atoms with Crippen LogP contribution in [0.15, 0.2) is 0 Å². The van der Waals surface area contributed by atoms with Gasteiger partial charge in [0.25, 0.3) is 0 Å². The monoisotopic (exact) mass is 182 g/mol. The van der Waals surface area contributed by atoms with Crippen molar-refractivity contribution in [3.05, 3.63) is 0 Å². The molecule has 0 saturated carbocycles. The predicted molar refractivity (Wildman–Crippen MR) is 50.7 cm³/mol. The van der Waals surface area contributed by atoms with Crippen molar-refractivity contribution in [3.63, 3.8) is 0 Å². The number of thiol groups is 1. The summed E-state index contributed by atoms with van der Waals surface area (Å²) in [4.78, 5) is 0. The van der Waals surface area contributed by atoms with E-state index in [1.54, 1.807) is 6.92 Å². The molecule has 0 aromatic rings. The molecule has 0 aliphatic heterocycles. The van der Waals surface area contributed by atoms with Crippen molar-refractivity contribution in [3.8, 4) is 0 Å². The minimum Gasteiger partial charge on any atom is -0.396 e. The molecule has 0 aliphatic carbocycles. The van der Waals surface area contributed by atoms with Gasteiger partial charge in [-0.3, -0.25) is 0 Å². The van der Waals surface area contributed by atoms with Gasteiger partial charge >= 0.3 is 0 Å². The van der Waals surface area contributed by atoms with Gasteiger partial charge < -0.3 is 10.2 Å². The average molecular weight is 182 g/mol. The lowest BCUT2D eigenvalue weighted by atomic mass is 10.3. The standard InChI is InChI=1S/C4H10O2.C2H4S2/c5-3-1-2-4-6;1-2(3)4/h5-6H,1-4H2;1H3,(H,3,4). The van der Waals surface area contributed by atoms with Gasteiger partial charge in [0.15, 0.2) is 0 Å². The number of aliphatic hydroxyl groups excluding tert-OH is 2. The zero-order valence-corrected chi connectivity index (χ0v) is 7.79. The highest BCUT2D eigenvalue weighted by atomic mass is 32.1. The molecular weight excluding hydrogens is 168 g/mol. The van der Waals surface area contributed by atoms with E-state index >= 15 is 0 Å². The van der Waals surface area contributed by atoms with Crippen molar-refractivity contribution in [2.24, 2.45) is 0 Å². The van der Waals surface area contributed by atoms with Crippen molar-refractivity contribution < 1.29 is 10.2 Å². The van der Waals surface area contributed by atoms with Crippen molar-refractivity contribution >= 4 is 29.0 Å². The second-order valence-electron chi connectivity index (χ2n) is 1.67. The van der Waals surface area contributed by atoms with Crippen LogP contribution in [0.4, 0.5) is 0 Å². The van der Waals surface area contributed by atoms with Gasteiger partial charge in [-0.15, -0.1) is 12.6 Å². The smallest absolute Gasteiger partial charge is 0.0431 e. The molecule has 0 bridgehead atoms. The molecule has 2 nitrogen and oxygen atoms in total. The molecule has 0 aromatic carbocycles. The highest BCUT2D eigenvalue weighted by Crippen LogP contribution is 1.80. The summed E-state index contributed by atoms with van der Waals surface area (Å²) in [5.74, 6) is 0. The van der Waals surface area contributed by atoms with Gasteiger partial charge in [0.05, 0.1) is 0 Å². The van der Waals surface area contributed by atoms with Crippen LogP contribution in [-0.4, -0.2) is 27.6 Å². The maximum absolute atomic E-state index is 8.09. The Balaban J connectivity index is 0. The van der Waals surface area contributed by atoms with E-state index in [-0.39, 0.29) is 13.2 Å². The molecule has 10 heavy (non-hydrogen) atoms. The third-order valence-corrected chi connectivity index (χ3v) is 0.566. The van der Waals surface area contributed by atoms with E-state index < -0.39 is 0 Å². The van der Waals surface area contributed by atoms with Crippen molar-refractivity contribution in [2.45, 2.75) is 19.8 Å². The normalized spacial score (nSPS) is 8.00. The topological polar surface area (TPSA) is 40.5 Å². The first-order valence-corrected chi connectivity index (χ1v) is 3.92. The van der Waals surface area contributed by atoms with Gasteiger partial charge in [0.1, 0.15) is 0 Å². The Kier molecular flexibility index (Phi) is 15.7. The van der Waals surface area contributed by atoms with Crippen LogP contribution < -0.4 is 0 Å². The zero-order valence-electron chi connectivity index (χ0n) is 6.08. The van der Waals surface area contributed by atoms with Crippen LogP contribution in [0.25, 0.3) is 0 Å². The first-order valence-electron chi connectivity index (χ1n) is 3.06. The summed E-state index contributed by atoms with van der Waals surface area (Å²) in [5.41, 5.74) is 0. The molecule has 4 heteroatoms. The van der Waals surface area contributed by atoms with Crippen molar-refractivity contribution in [1.29, 1.82) is 0 Å². The molecule has 0 rings (SSSR count). The molecule has 0 atom stereocenters. The molecule has 0 aliphatic rings. The lowest BCUT2D eigenvalue weighted by Crippen LogP contribution is -1.85. The van der Waals surface area contributed by atoms with Crippen LogP contribution in [0, 0.1) is 0 Å². The molecule has 2 N–H and O–H groups in total. The summed E-state index contributed by atoms with van der Waals surface area (Å²) in [7, 11) is 0. The highest BCUT2D eigenvalue weighted by Gasteiger charge is 1.77. The van der Waals surface area contributed by atoms with Gasteiger partial charge in [0, 0.05) is 17.4 Å². The third kappa shape index (κ3) is 40.1. The van der Waals surface area contributed by atoms with Gasteiger partial charge in [-0.25, -0.2) is 0 Å². The number of hydrogen-bond acceptors (Lipinski definition) is 3. The molecule has 0 amide bonds. The SMILES string of the molecule is CC(=S)S.OCCCCO.